The molecule has 0 radical (unpaired) electrons. The number of benzene rings is 3. The minimum absolute atomic E-state index is 0.0710. The monoisotopic (exact) mass is 445 g/mol. The van der Waals surface area contributed by atoms with Gasteiger partial charge in [0.1, 0.15) is 30.8 Å². The number of aliphatic hydroxyl groups excluding tert-OH is 1. The average molecular weight is 446 g/mol. The van der Waals surface area contributed by atoms with Crippen molar-refractivity contribution in [3.63, 3.8) is 0 Å². The number of aliphatic hydroxyl groups is 1. The minimum Gasteiger partial charge on any atom is -0.490 e. The zero-order valence-electron chi connectivity index (χ0n) is 18.9. The lowest BCUT2D eigenvalue weighted by Gasteiger charge is -2.16. The third-order valence-electron chi connectivity index (χ3n) is 4.93. The Morgan fingerprint density at radius 3 is 2.45 bits per heavy atom. The Morgan fingerprint density at radius 2 is 1.73 bits per heavy atom. The molecule has 2 N–H and O–H groups in total. The number of rotatable bonds is 13. The Labute approximate surface area is 195 Å². The second-order valence-electron chi connectivity index (χ2n) is 7.71. The minimum atomic E-state index is -0.687. The van der Waals surface area contributed by atoms with Gasteiger partial charge in [0.2, 0.25) is 0 Å². The highest BCUT2D eigenvalue weighted by Crippen LogP contribution is 2.27. The normalized spacial score (nSPS) is 11.9. The SMILES string of the molecule is CCCNCC(O)COc1cc(OCc2ccccc2)ccc1C(=O)C=Cc1ccccc1. The molecule has 0 heterocycles. The topological polar surface area (TPSA) is 67.8 Å². The molecule has 5 heteroatoms. The van der Waals surface area contributed by atoms with E-state index in [1.54, 1.807) is 24.3 Å². The van der Waals surface area contributed by atoms with Crippen LogP contribution in [-0.2, 0) is 6.61 Å². The molecule has 1 atom stereocenters. The lowest BCUT2D eigenvalue weighted by atomic mass is 10.1. The van der Waals surface area contributed by atoms with Gasteiger partial charge in [0.05, 0.1) is 5.56 Å². The van der Waals surface area contributed by atoms with Crippen LogP contribution in [0.5, 0.6) is 11.5 Å². The highest BCUT2D eigenvalue weighted by molar-refractivity contribution is 6.08. The van der Waals surface area contributed by atoms with Crippen LogP contribution in [0.1, 0.15) is 34.8 Å². The maximum atomic E-state index is 12.9. The van der Waals surface area contributed by atoms with Crippen molar-refractivity contribution < 1.29 is 19.4 Å². The molecule has 3 aromatic rings. The van der Waals surface area contributed by atoms with Crippen LogP contribution in [-0.4, -0.2) is 36.7 Å². The molecule has 0 amide bonds. The molecule has 1 unspecified atom stereocenters. The van der Waals surface area contributed by atoms with Gasteiger partial charge >= 0.3 is 0 Å². The summed E-state index contributed by atoms with van der Waals surface area (Å²) in [5.74, 6) is 0.802. The van der Waals surface area contributed by atoms with Crippen molar-refractivity contribution in [3.8, 4) is 11.5 Å². The summed E-state index contributed by atoms with van der Waals surface area (Å²) in [4.78, 5) is 12.9. The summed E-state index contributed by atoms with van der Waals surface area (Å²) in [6.45, 7) is 3.80. The molecule has 0 bridgehead atoms. The number of allylic oxidation sites excluding steroid dienone is 1. The summed E-state index contributed by atoms with van der Waals surface area (Å²) in [5, 5.41) is 13.4. The number of hydrogen-bond acceptors (Lipinski definition) is 5. The molecule has 0 aliphatic heterocycles. The van der Waals surface area contributed by atoms with Gasteiger partial charge in [0, 0.05) is 12.6 Å². The van der Waals surface area contributed by atoms with E-state index in [0.717, 1.165) is 24.1 Å². The van der Waals surface area contributed by atoms with Crippen LogP contribution < -0.4 is 14.8 Å². The number of ether oxygens (including phenoxy) is 2. The van der Waals surface area contributed by atoms with Gasteiger partial charge in [-0.2, -0.15) is 0 Å². The molecule has 172 valence electrons. The van der Waals surface area contributed by atoms with Gasteiger partial charge in [-0.15, -0.1) is 0 Å². The standard InChI is InChI=1S/C28H31NO4/c1-2-17-29-19-24(30)21-33-28-18-25(32-20-23-11-7-4-8-12-23)14-15-26(28)27(31)16-13-22-9-5-3-6-10-22/h3-16,18,24,29-30H,2,17,19-21H2,1H3. The maximum absolute atomic E-state index is 12.9. The van der Waals surface area contributed by atoms with Crippen molar-refractivity contribution in [3.05, 3.63) is 102 Å². The second kappa shape index (κ2) is 13.2. The molecule has 3 aromatic carbocycles. The molecule has 0 saturated carbocycles. The molecular formula is C28H31NO4. The molecule has 0 fully saturated rings. The fourth-order valence-electron chi connectivity index (χ4n) is 3.17. The van der Waals surface area contributed by atoms with Gasteiger partial charge in [-0.25, -0.2) is 0 Å². The van der Waals surface area contributed by atoms with Crippen molar-refractivity contribution >= 4 is 11.9 Å². The second-order valence-corrected chi connectivity index (χ2v) is 7.71. The van der Waals surface area contributed by atoms with E-state index >= 15 is 0 Å². The third-order valence-corrected chi connectivity index (χ3v) is 4.93. The number of carbonyl (C=O) groups excluding carboxylic acids is 1. The smallest absolute Gasteiger partial charge is 0.189 e. The van der Waals surface area contributed by atoms with Crippen molar-refractivity contribution in [1.82, 2.24) is 5.32 Å². The largest absolute Gasteiger partial charge is 0.490 e. The summed E-state index contributed by atoms with van der Waals surface area (Å²) < 4.78 is 11.8. The van der Waals surface area contributed by atoms with E-state index in [1.807, 2.05) is 60.7 Å². The maximum Gasteiger partial charge on any atom is 0.189 e. The lowest BCUT2D eigenvalue weighted by Crippen LogP contribution is -2.32. The predicted molar refractivity (Wildman–Crippen MR) is 132 cm³/mol. The van der Waals surface area contributed by atoms with Gasteiger partial charge < -0.3 is 19.9 Å². The van der Waals surface area contributed by atoms with E-state index in [-0.39, 0.29) is 12.4 Å². The van der Waals surface area contributed by atoms with E-state index in [4.69, 9.17) is 9.47 Å². The Hall–Kier alpha value is -3.41. The third kappa shape index (κ3) is 8.22. The quantitative estimate of drug-likeness (QED) is 0.223. The first kappa shape index (κ1) is 24.2. The van der Waals surface area contributed by atoms with Crippen LogP contribution in [0.25, 0.3) is 6.08 Å². The van der Waals surface area contributed by atoms with Gasteiger partial charge in [-0.05, 0) is 42.3 Å². The van der Waals surface area contributed by atoms with E-state index in [9.17, 15) is 9.90 Å². The molecule has 0 aliphatic carbocycles. The zero-order valence-corrected chi connectivity index (χ0v) is 18.9. The van der Waals surface area contributed by atoms with Gasteiger partial charge in [0.15, 0.2) is 5.78 Å². The fourth-order valence-corrected chi connectivity index (χ4v) is 3.17. The Morgan fingerprint density at radius 1 is 1.00 bits per heavy atom. The Bertz CT molecular complexity index is 1020. The van der Waals surface area contributed by atoms with Crippen LogP contribution in [0.2, 0.25) is 0 Å². The highest BCUT2D eigenvalue weighted by atomic mass is 16.5. The summed E-state index contributed by atoms with van der Waals surface area (Å²) in [5.41, 5.74) is 2.40. The summed E-state index contributed by atoms with van der Waals surface area (Å²) in [7, 11) is 0. The molecule has 0 aliphatic rings. The molecule has 5 nitrogen and oxygen atoms in total. The average Bonchev–Trinajstić information content (AvgIpc) is 2.86. The first-order valence-electron chi connectivity index (χ1n) is 11.3. The van der Waals surface area contributed by atoms with Crippen molar-refractivity contribution in [2.24, 2.45) is 0 Å². The van der Waals surface area contributed by atoms with Crippen LogP contribution in [0.4, 0.5) is 0 Å². The van der Waals surface area contributed by atoms with Crippen LogP contribution in [0.15, 0.2) is 84.9 Å². The van der Waals surface area contributed by atoms with Gasteiger partial charge in [0.25, 0.3) is 0 Å². The highest BCUT2D eigenvalue weighted by Gasteiger charge is 2.14. The molecule has 0 saturated heterocycles. The molecule has 0 spiro atoms. The number of carbonyl (C=O) groups is 1. The Balaban J connectivity index is 1.73. The first-order valence-corrected chi connectivity index (χ1v) is 11.3. The Kier molecular flexibility index (Phi) is 9.70. The molecule has 33 heavy (non-hydrogen) atoms. The van der Waals surface area contributed by atoms with E-state index in [1.165, 1.54) is 6.08 Å². The van der Waals surface area contributed by atoms with E-state index < -0.39 is 6.10 Å². The van der Waals surface area contributed by atoms with Crippen LogP contribution >= 0.6 is 0 Å². The number of ketones is 1. The number of nitrogens with one attached hydrogen (secondary N) is 1. The van der Waals surface area contributed by atoms with Gasteiger partial charge in [-0.1, -0.05) is 73.7 Å². The summed E-state index contributed by atoms with van der Waals surface area (Å²) in [6, 6.07) is 24.7. The number of hydrogen-bond donors (Lipinski definition) is 2. The molecule has 3 rings (SSSR count). The van der Waals surface area contributed by atoms with Crippen molar-refractivity contribution in [1.29, 1.82) is 0 Å². The van der Waals surface area contributed by atoms with Gasteiger partial charge in [-0.3, -0.25) is 4.79 Å². The first-order chi connectivity index (χ1) is 16.2. The van der Waals surface area contributed by atoms with Crippen molar-refractivity contribution in [2.45, 2.75) is 26.1 Å². The van der Waals surface area contributed by atoms with E-state index in [0.29, 0.717) is 30.2 Å². The van der Waals surface area contributed by atoms with Crippen LogP contribution in [0, 0.1) is 0 Å². The predicted octanol–water partition coefficient (Wildman–Crippen LogP) is 4.90. The fraction of sp³-hybridized carbons (Fsp3) is 0.250. The summed E-state index contributed by atoms with van der Waals surface area (Å²) >= 11 is 0. The molecule has 0 aromatic heterocycles. The zero-order chi connectivity index (χ0) is 23.3. The molecular weight excluding hydrogens is 414 g/mol. The van der Waals surface area contributed by atoms with E-state index in [2.05, 4.69) is 12.2 Å². The van der Waals surface area contributed by atoms with Crippen molar-refractivity contribution in [2.75, 3.05) is 19.7 Å². The lowest BCUT2D eigenvalue weighted by molar-refractivity contribution is 0.0993. The summed E-state index contributed by atoms with van der Waals surface area (Å²) in [6.07, 6.45) is 3.60. The van der Waals surface area contributed by atoms with Crippen LogP contribution in [0.3, 0.4) is 0 Å².